The number of hydrogen-bond donors (Lipinski definition) is 2. The summed E-state index contributed by atoms with van der Waals surface area (Å²) in [5, 5.41) is 12.4. The van der Waals surface area contributed by atoms with Gasteiger partial charge < -0.3 is 15.2 Å². The molecule has 0 spiro atoms. The molecule has 0 bridgehead atoms. The second kappa shape index (κ2) is 5.27. The molecule has 2 N–H and O–H groups in total. The highest BCUT2D eigenvalue weighted by Crippen LogP contribution is 2.19. The lowest BCUT2D eigenvalue weighted by Gasteiger charge is -2.23. The third-order valence-electron chi connectivity index (χ3n) is 2.79. The molecule has 0 saturated carbocycles. The Bertz CT molecular complexity index is 340. The third kappa shape index (κ3) is 2.71. The molecule has 0 amide bonds. The average Bonchev–Trinajstić information content (AvgIpc) is 2.79. The summed E-state index contributed by atoms with van der Waals surface area (Å²) in [5.41, 5.74) is 0.676. The molecule has 0 aliphatic carbocycles. The maximum Gasteiger partial charge on any atom is 0.125 e. The quantitative estimate of drug-likeness (QED) is 0.820. The fraction of sp³-hybridized carbons (Fsp3) is 0.500. The molecule has 1 aliphatic rings. The minimum Gasteiger partial charge on any atom is -0.394 e. The first-order chi connectivity index (χ1) is 7.79. The normalized spacial score (nSPS) is 22.0. The van der Waals surface area contributed by atoms with Crippen LogP contribution < -0.4 is 5.32 Å². The zero-order chi connectivity index (χ0) is 11.4. The lowest BCUT2D eigenvalue weighted by molar-refractivity contribution is 0.0758. The first kappa shape index (κ1) is 11.4. The number of aliphatic hydroxyl groups is 1. The van der Waals surface area contributed by atoms with Gasteiger partial charge in [0.1, 0.15) is 5.82 Å². The summed E-state index contributed by atoms with van der Waals surface area (Å²) in [4.78, 5) is 0. The van der Waals surface area contributed by atoms with E-state index in [-0.39, 0.29) is 24.6 Å². The van der Waals surface area contributed by atoms with Crippen LogP contribution >= 0.6 is 0 Å². The van der Waals surface area contributed by atoms with Crippen molar-refractivity contribution in [3.05, 3.63) is 30.1 Å². The molecule has 1 aromatic rings. The van der Waals surface area contributed by atoms with Crippen LogP contribution in [0.2, 0.25) is 0 Å². The van der Waals surface area contributed by atoms with Crippen LogP contribution in [0.25, 0.3) is 0 Å². The molecular weight excluding hydrogens is 209 g/mol. The van der Waals surface area contributed by atoms with Gasteiger partial charge in [-0.1, -0.05) is 6.07 Å². The summed E-state index contributed by atoms with van der Waals surface area (Å²) in [6, 6.07) is 6.06. The predicted molar refractivity (Wildman–Crippen MR) is 59.9 cm³/mol. The van der Waals surface area contributed by atoms with E-state index in [4.69, 9.17) is 4.74 Å². The minimum absolute atomic E-state index is 0.0127. The topological polar surface area (TPSA) is 41.5 Å². The number of rotatable bonds is 4. The lowest BCUT2D eigenvalue weighted by atomic mass is 10.1. The molecule has 4 heteroatoms. The van der Waals surface area contributed by atoms with Gasteiger partial charge in [-0.3, -0.25) is 0 Å². The SMILES string of the molecule is OCC(Nc1cccc(F)c1)C1CCCO1. The molecular formula is C12H16FNO2. The van der Waals surface area contributed by atoms with Crippen LogP contribution in [0.15, 0.2) is 24.3 Å². The maximum absolute atomic E-state index is 13.0. The number of hydrogen-bond acceptors (Lipinski definition) is 3. The van der Waals surface area contributed by atoms with Gasteiger partial charge in [0, 0.05) is 12.3 Å². The number of benzene rings is 1. The van der Waals surface area contributed by atoms with Crippen molar-refractivity contribution >= 4 is 5.69 Å². The molecule has 0 aromatic heterocycles. The Morgan fingerprint density at radius 3 is 3.06 bits per heavy atom. The Labute approximate surface area is 94.2 Å². The maximum atomic E-state index is 13.0. The van der Waals surface area contributed by atoms with E-state index < -0.39 is 0 Å². The van der Waals surface area contributed by atoms with Crippen LogP contribution in [0.1, 0.15) is 12.8 Å². The van der Waals surface area contributed by atoms with Gasteiger partial charge in [0.2, 0.25) is 0 Å². The van der Waals surface area contributed by atoms with Crippen LogP contribution in [0.5, 0.6) is 0 Å². The zero-order valence-corrected chi connectivity index (χ0v) is 9.03. The van der Waals surface area contributed by atoms with E-state index in [9.17, 15) is 9.50 Å². The molecule has 1 aromatic carbocycles. The van der Waals surface area contributed by atoms with E-state index in [1.54, 1.807) is 12.1 Å². The van der Waals surface area contributed by atoms with Crippen molar-refractivity contribution in [3.63, 3.8) is 0 Å². The summed E-state index contributed by atoms with van der Waals surface area (Å²) in [7, 11) is 0. The Hall–Kier alpha value is -1.13. The summed E-state index contributed by atoms with van der Waals surface area (Å²) >= 11 is 0. The zero-order valence-electron chi connectivity index (χ0n) is 9.03. The fourth-order valence-electron chi connectivity index (χ4n) is 1.97. The second-order valence-corrected chi connectivity index (χ2v) is 4.00. The lowest BCUT2D eigenvalue weighted by Crippen LogP contribution is -2.36. The van der Waals surface area contributed by atoms with Gasteiger partial charge in [0.25, 0.3) is 0 Å². The Morgan fingerprint density at radius 1 is 1.56 bits per heavy atom. The van der Waals surface area contributed by atoms with Crippen molar-refractivity contribution in [2.75, 3.05) is 18.5 Å². The average molecular weight is 225 g/mol. The van der Waals surface area contributed by atoms with E-state index in [2.05, 4.69) is 5.32 Å². The van der Waals surface area contributed by atoms with Gasteiger partial charge in [0.15, 0.2) is 0 Å². The summed E-state index contributed by atoms with van der Waals surface area (Å²) in [5.74, 6) is -0.283. The van der Waals surface area contributed by atoms with Gasteiger partial charge >= 0.3 is 0 Å². The molecule has 2 atom stereocenters. The Balaban J connectivity index is 2.00. The molecule has 2 rings (SSSR count). The van der Waals surface area contributed by atoms with Gasteiger partial charge in [-0.2, -0.15) is 0 Å². The first-order valence-electron chi connectivity index (χ1n) is 5.54. The molecule has 1 heterocycles. The first-order valence-corrected chi connectivity index (χ1v) is 5.54. The monoisotopic (exact) mass is 225 g/mol. The van der Waals surface area contributed by atoms with Crippen molar-refractivity contribution in [1.29, 1.82) is 0 Å². The smallest absolute Gasteiger partial charge is 0.125 e. The minimum atomic E-state index is -0.283. The van der Waals surface area contributed by atoms with Gasteiger partial charge in [-0.05, 0) is 31.0 Å². The van der Waals surface area contributed by atoms with Crippen molar-refractivity contribution in [2.24, 2.45) is 0 Å². The van der Waals surface area contributed by atoms with E-state index in [1.807, 2.05) is 0 Å². The summed E-state index contributed by atoms with van der Waals surface area (Å²) in [6.45, 7) is 0.729. The van der Waals surface area contributed by atoms with E-state index in [1.165, 1.54) is 12.1 Å². The van der Waals surface area contributed by atoms with Crippen molar-refractivity contribution in [1.82, 2.24) is 0 Å². The fourth-order valence-corrected chi connectivity index (χ4v) is 1.97. The number of aliphatic hydroxyl groups excluding tert-OH is 1. The van der Waals surface area contributed by atoms with Crippen LogP contribution in [-0.2, 0) is 4.74 Å². The molecule has 3 nitrogen and oxygen atoms in total. The summed E-state index contributed by atoms with van der Waals surface area (Å²) in [6.07, 6.45) is 1.98. The molecule has 2 unspecified atom stereocenters. The molecule has 88 valence electrons. The van der Waals surface area contributed by atoms with Crippen LogP contribution in [0.4, 0.5) is 10.1 Å². The van der Waals surface area contributed by atoms with Gasteiger partial charge in [0.05, 0.1) is 18.8 Å². The van der Waals surface area contributed by atoms with Crippen LogP contribution in [0, 0.1) is 5.82 Å². The highest BCUT2D eigenvalue weighted by Gasteiger charge is 2.25. The van der Waals surface area contributed by atoms with Crippen LogP contribution in [-0.4, -0.2) is 30.5 Å². The standard InChI is InChI=1S/C12H16FNO2/c13-9-3-1-4-10(7-9)14-11(8-15)12-5-2-6-16-12/h1,3-4,7,11-12,14-15H,2,5-6,8H2. The molecule has 1 aliphatic heterocycles. The van der Waals surface area contributed by atoms with Gasteiger partial charge in [-0.15, -0.1) is 0 Å². The van der Waals surface area contributed by atoms with E-state index in [0.717, 1.165) is 19.4 Å². The molecule has 16 heavy (non-hydrogen) atoms. The highest BCUT2D eigenvalue weighted by atomic mass is 19.1. The third-order valence-corrected chi connectivity index (χ3v) is 2.79. The van der Waals surface area contributed by atoms with E-state index >= 15 is 0 Å². The van der Waals surface area contributed by atoms with Gasteiger partial charge in [-0.25, -0.2) is 4.39 Å². The predicted octanol–water partition coefficient (Wildman–Crippen LogP) is 1.78. The number of halogens is 1. The molecule has 1 fully saturated rings. The van der Waals surface area contributed by atoms with E-state index in [0.29, 0.717) is 5.69 Å². The number of anilines is 1. The number of ether oxygens (including phenoxy) is 1. The van der Waals surface area contributed by atoms with Crippen molar-refractivity contribution in [3.8, 4) is 0 Å². The molecule has 0 radical (unpaired) electrons. The van der Waals surface area contributed by atoms with Crippen molar-refractivity contribution < 1.29 is 14.2 Å². The molecule has 1 saturated heterocycles. The largest absolute Gasteiger partial charge is 0.394 e. The Kier molecular flexibility index (Phi) is 3.74. The van der Waals surface area contributed by atoms with Crippen LogP contribution in [0.3, 0.4) is 0 Å². The highest BCUT2D eigenvalue weighted by molar-refractivity contribution is 5.44. The number of nitrogens with one attached hydrogen (secondary N) is 1. The summed E-state index contributed by atoms with van der Waals surface area (Å²) < 4.78 is 18.5. The van der Waals surface area contributed by atoms with Crippen molar-refractivity contribution in [2.45, 2.75) is 25.0 Å². The second-order valence-electron chi connectivity index (χ2n) is 4.00. The Morgan fingerprint density at radius 2 is 2.44 bits per heavy atom.